The Morgan fingerprint density at radius 3 is 3.00 bits per heavy atom. The molecule has 0 saturated carbocycles. The molecule has 1 aromatic rings. The Morgan fingerprint density at radius 2 is 2.29 bits per heavy atom. The zero-order chi connectivity index (χ0) is 9.80. The van der Waals surface area contributed by atoms with Gasteiger partial charge >= 0.3 is 0 Å². The Morgan fingerprint density at radius 1 is 1.43 bits per heavy atom. The summed E-state index contributed by atoms with van der Waals surface area (Å²) >= 11 is 9.67. The summed E-state index contributed by atoms with van der Waals surface area (Å²) in [4.78, 5) is 4.38. The van der Waals surface area contributed by atoms with Gasteiger partial charge in [0, 0.05) is 16.5 Å². The highest BCUT2D eigenvalue weighted by atomic mass is 35.5. The van der Waals surface area contributed by atoms with Gasteiger partial charge < -0.3 is 0 Å². The molecule has 0 fully saturated rings. The maximum atomic E-state index is 6.05. The number of benzene rings is 1. The first-order valence-electron chi connectivity index (χ1n) is 4.40. The summed E-state index contributed by atoms with van der Waals surface area (Å²) in [6, 6.07) is 7.97. The molecule has 0 bridgehead atoms. The molecule has 1 aliphatic rings. The molecule has 0 saturated heterocycles. The van der Waals surface area contributed by atoms with Gasteiger partial charge in [-0.1, -0.05) is 53.3 Å². The molecule has 0 N–H and O–H groups in total. The third-order valence-electron chi connectivity index (χ3n) is 1.87. The first kappa shape index (κ1) is 10.4. The van der Waals surface area contributed by atoms with Crippen LogP contribution in [-0.4, -0.2) is 16.7 Å². The third-order valence-corrected chi connectivity index (χ3v) is 4.54. The van der Waals surface area contributed by atoms with Crippen molar-refractivity contribution >= 4 is 39.5 Å². The maximum Gasteiger partial charge on any atom is 0.124 e. The van der Waals surface area contributed by atoms with Crippen molar-refractivity contribution in [2.45, 2.75) is 5.75 Å². The number of rotatable bonds is 2. The van der Waals surface area contributed by atoms with Crippen LogP contribution in [0.15, 0.2) is 29.3 Å². The van der Waals surface area contributed by atoms with E-state index in [2.05, 4.69) is 11.1 Å². The van der Waals surface area contributed by atoms with E-state index in [-0.39, 0.29) is 0 Å². The number of aliphatic imine (C=N–C) groups is 1. The van der Waals surface area contributed by atoms with Crippen molar-refractivity contribution in [3.05, 3.63) is 34.9 Å². The Kier molecular flexibility index (Phi) is 3.79. The standard InChI is InChI=1S/C10H10ClNS2/c11-9-4-2-1-3-8(9)7-14-10-12-5-6-13-10/h1-4H,5-7H2. The second-order valence-electron chi connectivity index (χ2n) is 2.88. The lowest BCUT2D eigenvalue weighted by atomic mass is 10.2. The first-order chi connectivity index (χ1) is 6.86. The van der Waals surface area contributed by atoms with Gasteiger partial charge in [-0.2, -0.15) is 0 Å². The van der Waals surface area contributed by atoms with E-state index in [4.69, 9.17) is 11.6 Å². The molecule has 0 atom stereocenters. The Hall–Kier alpha value is -0.120. The molecule has 0 unspecified atom stereocenters. The predicted octanol–water partition coefficient (Wildman–Crippen LogP) is 3.68. The van der Waals surface area contributed by atoms with E-state index in [0.717, 1.165) is 23.1 Å². The molecule has 74 valence electrons. The van der Waals surface area contributed by atoms with Gasteiger partial charge in [0.2, 0.25) is 0 Å². The molecule has 14 heavy (non-hydrogen) atoms. The summed E-state index contributed by atoms with van der Waals surface area (Å²) in [5.41, 5.74) is 1.19. The van der Waals surface area contributed by atoms with Crippen molar-refractivity contribution in [1.29, 1.82) is 0 Å². The van der Waals surface area contributed by atoms with Gasteiger partial charge in [0.1, 0.15) is 4.38 Å². The molecule has 1 nitrogen and oxygen atoms in total. The molecule has 0 aromatic heterocycles. The largest absolute Gasteiger partial charge is 0.271 e. The van der Waals surface area contributed by atoms with Gasteiger partial charge in [-0.3, -0.25) is 4.99 Å². The lowest BCUT2D eigenvalue weighted by molar-refractivity contribution is 1.18. The quantitative estimate of drug-likeness (QED) is 0.786. The summed E-state index contributed by atoms with van der Waals surface area (Å²) in [6.07, 6.45) is 0. The van der Waals surface area contributed by atoms with Crippen LogP contribution >= 0.6 is 35.1 Å². The lowest BCUT2D eigenvalue weighted by Gasteiger charge is -2.02. The number of halogens is 1. The monoisotopic (exact) mass is 243 g/mol. The second kappa shape index (κ2) is 5.10. The summed E-state index contributed by atoms with van der Waals surface area (Å²) in [6.45, 7) is 0.968. The van der Waals surface area contributed by atoms with Crippen LogP contribution in [0.3, 0.4) is 0 Å². The van der Waals surface area contributed by atoms with Crippen LogP contribution in [0.25, 0.3) is 0 Å². The van der Waals surface area contributed by atoms with Crippen LogP contribution in [0.1, 0.15) is 5.56 Å². The average molecular weight is 244 g/mol. The van der Waals surface area contributed by atoms with E-state index in [1.807, 2.05) is 30.0 Å². The van der Waals surface area contributed by atoms with Gasteiger partial charge in [0.25, 0.3) is 0 Å². The zero-order valence-corrected chi connectivity index (χ0v) is 9.96. The van der Waals surface area contributed by atoms with Crippen LogP contribution < -0.4 is 0 Å². The second-order valence-corrected chi connectivity index (χ2v) is 5.59. The minimum atomic E-state index is 0.851. The van der Waals surface area contributed by atoms with Crippen molar-refractivity contribution in [3.8, 4) is 0 Å². The molecule has 0 aliphatic carbocycles. The number of thioether (sulfide) groups is 2. The number of nitrogens with zero attached hydrogens (tertiary/aromatic N) is 1. The highest BCUT2D eigenvalue weighted by molar-refractivity contribution is 8.38. The minimum Gasteiger partial charge on any atom is -0.271 e. The van der Waals surface area contributed by atoms with Gasteiger partial charge in [-0.25, -0.2) is 0 Å². The predicted molar refractivity (Wildman–Crippen MR) is 67.5 cm³/mol. The van der Waals surface area contributed by atoms with E-state index < -0.39 is 0 Å². The summed E-state index contributed by atoms with van der Waals surface area (Å²) in [7, 11) is 0. The summed E-state index contributed by atoms with van der Waals surface area (Å²) in [5.74, 6) is 2.05. The van der Waals surface area contributed by atoms with Crippen molar-refractivity contribution in [2.75, 3.05) is 12.3 Å². The molecular weight excluding hydrogens is 234 g/mol. The molecule has 1 aliphatic heterocycles. The van der Waals surface area contributed by atoms with Gasteiger partial charge in [-0.15, -0.1) is 0 Å². The Bertz CT molecular complexity index is 352. The molecule has 0 spiro atoms. The van der Waals surface area contributed by atoms with Gasteiger partial charge in [0.05, 0.1) is 6.54 Å². The number of hydrogen-bond donors (Lipinski definition) is 0. The van der Waals surface area contributed by atoms with Crippen LogP contribution in [-0.2, 0) is 5.75 Å². The molecule has 4 heteroatoms. The maximum absolute atomic E-state index is 6.05. The Balaban J connectivity index is 1.94. The SMILES string of the molecule is Clc1ccccc1CSC1=NCCS1. The van der Waals surface area contributed by atoms with Crippen LogP contribution in [0, 0.1) is 0 Å². The normalized spacial score (nSPS) is 15.6. The smallest absolute Gasteiger partial charge is 0.124 e. The highest BCUT2D eigenvalue weighted by Crippen LogP contribution is 2.27. The van der Waals surface area contributed by atoms with Crippen molar-refractivity contribution in [3.63, 3.8) is 0 Å². The van der Waals surface area contributed by atoms with Crippen LogP contribution in [0.2, 0.25) is 5.02 Å². The fraction of sp³-hybridized carbons (Fsp3) is 0.300. The topological polar surface area (TPSA) is 12.4 Å². The minimum absolute atomic E-state index is 0.851. The van der Waals surface area contributed by atoms with Crippen LogP contribution in [0.5, 0.6) is 0 Å². The Labute approximate surface area is 97.3 Å². The summed E-state index contributed by atoms with van der Waals surface area (Å²) in [5, 5.41) is 0.851. The molecule has 0 radical (unpaired) electrons. The fourth-order valence-corrected chi connectivity index (χ4v) is 3.45. The van der Waals surface area contributed by atoms with E-state index in [1.54, 1.807) is 11.8 Å². The van der Waals surface area contributed by atoms with Crippen LogP contribution in [0.4, 0.5) is 0 Å². The average Bonchev–Trinajstić information content (AvgIpc) is 2.69. The van der Waals surface area contributed by atoms with Gasteiger partial charge in [0.15, 0.2) is 0 Å². The molecule has 1 heterocycles. The highest BCUT2D eigenvalue weighted by Gasteiger charge is 2.08. The third kappa shape index (κ3) is 2.69. The zero-order valence-electron chi connectivity index (χ0n) is 7.57. The van der Waals surface area contributed by atoms with Crippen molar-refractivity contribution in [1.82, 2.24) is 0 Å². The van der Waals surface area contributed by atoms with E-state index >= 15 is 0 Å². The number of hydrogen-bond acceptors (Lipinski definition) is 3. The van der Waals surface area contributed by atoms with Crippen molar-refractivity contribution in [2.24, 2.45) is 4.99 Å². The van der Waals surface area contributed by atoms with E-state index in [0.29, 0.717) is 0 Å². The molecule has 1 aromatic carbocycles. The lowest BCUT2D eigenvalue weighted by Crippen LogP contribution is -1.85. The summed E-state index contributed by atoms with van der Waals surface area (Å²) < 4.78 is 1.20. The van der Waals surface area contributed by atoms with E-state index in [1.165, 1.54) is 9.94 Å². The molecule has 0 amide bonds. The van der Waals surface area contributed by atoms with E-state index in [9.17, 15) is 0 Å². The molecule has 2 rings (SSSR count). The van der Waals surface area contributed by atoms with Gasteiger partial charge in [-0.05, 0) is 11.6 Å². The fourth-order valence-electron chi connectivity index (χ4n) is 1.16. The van der Waals surface area contributed by atoms with Crippen molar-refractivity contribution < 1.29 is 0 Å². The molecular formula is C10H10ClNS2. The first-order valence-corrected chi connectivity index (χ1v) is 6.74.